The molecule has 0 heterocycles. The maximum Gasteiger partial charge on any atom is 0.146 e. The van der Waals surface area contributed by atoms with Crippen molar-refractivity contribution in [3.05, 3.63) is 69.7 Å². The van der Waals surface area contributed by atoms with Gasteiger partial charge in [-0.25, -0.2) is 8.78 Å². The quantitative estimate of drug-likeness (QED) is 0.808. The van der Waals surface area contributed by atoms with Crippen LogP contribution in [0.25, 0.3) is 0 Å². The predicted octanol–water partition coefficient (Wildman–Crippen LogP) is 4.57. The molecule has 106 valence electrons. The van der Waals surface area contributed by atoms with Gasteiger partial charge in [0.2, 0.25) is 0 Å². The van der Waals surface area contributed by atoms with Gasteiger partial charge in [-0.05, 0) is 40.0 Å². The molecule has 0 spiro atoms. The Morgan fingerprint density at radius 1 is 1.10 bits per heavy atom. The Balaban J connectivity index is 2.48. The Bertz CT molecular complexity index is 601. The predicted molar refractivity (Wildman–Crippen MR) is 78.4 cm³/mol. The number of halogens is 3. The molecule has 0 aliphatic heterocycles. The highest BCUT2D eigenvalue weighted by Gasteiger charge is 2.34. The van der Waals surface area contributed by atoms with Gasteiger partial charge in [-0.1, -0.05) is 37.3 Å². The highest BCUT2D eigenvalue weighted by Crippen LogP contribution is 2.35. The average molecular weight is 341 g/mol. The van der Waals surface area contributed by atoms with E-state index in [4.69, 9.17) is 0 Å². The zero-order valence-electron chi connectivity index (χ0n) is 11.0. The van der Waals surface area contributed by atoms with Gasteiger partial charge >= 0.3 is 0 Å². The second-order valence-corrected chi connectivity index (χ2v) is 5.62. The van der Waals surface area contributed by atoms with Crippen LogP contribution >= 0.6 is 15.9 Å². The number of rotatable bonds is 4. The van der Waals surface area contributed by atoms with Crippen LogP contribution in [0.5, 0.6) is 0 Å². The van der Waals surface area contributed by atoms with Gasteiger partial charge in [-0.2, -0.15) is 0 Å². The molecular weight excluding hydrogens is 326 g/mol. The molecule has 1 nitrogen and oxygen atoms in total. The summed E-state index contributed by atoms with van der Waals surface area (Å²) in [7, 11) is 0. The molecule has 0 amide bonds. The van der Waals surface area contributed by atoms with E-state index in [0.29, 0.717) is 0 Å². The average Bonchev–Trinajstić information content (AvgIpc) is 2.44. The van der Waals surface area contributed by atoms with Crippen molar-refractivity contribution in [2.45, 2.75) is 25.4 Å². The maximum absolute atomic E-state index is 14.2. The lowest BCUT2D eigenvalue weighted by Crippen LogP contribution is -2.30. The first-order valence-electron chi connectivity index (χ1n) is 6.38. The van der Waals surface area contributed by atoms with Crippen molar-refractivity contribution in [1.29, 1.82) is 0 Å². The second-order valence-electron chi connectivity index (χ2n) is 4.77. The Labute approximate surface area is 125 Å². The Morgan fingerprint density at radius 3 is 2.35 bits per heavy atom. The van der Waals surface area contributed by atoms with Crippen LogP contribution in [0.1, 0.15) is 24.5 Å². The SMILES string of the molecule is CCC(O)(Cc1ccccc1)c1c(F)ccc(Br)c1F. The normalized spacial score (nSPS) is 14.1. The standard InChI is InChI=1S/C16H15BrF2O/c1-2-16(20,10-11-6-4-3-5-7-11)14-13(18)9-8-12(17)15(14)19/h3-9,20H,2,10H2,1H3. The molecule has 2 rings (SSSR count). The van der Waals surface area contributed by atoms with Crippen molar-refractivity contribution in [1.82, 2.24) is 0 Å². The lowest BCUT2D eigenvalue weighted by Gasteiger charge is -2.28. The van der Waals surface area contributed by atoms with Gasteiger partial charge in [0.25, 0.3) is 0 Å². The van der Waals surface area contributed by atoms with Gasteiger partial charge < -0.3 is 5.11 Å². The summed E-state index contributed by atoms with van der Waals surface area (Å²) in [6.45, 7) is 1.71. The molecule has 20 heavy (non-hydrogen) atoms. The molecule has 4 heteroatoms. The lowest BCUT2D eigenvalue weighted by molar-refractivity contribution is 0.0252. The van der Waals surface area contributed by atoms with Crippen LogP contribution in [-0.4, -0.2) is 5.11 Å². The number of benzene rings is 2. The van der Waals surface area contributed by atoms with E-state index in [-0.39, 0.29) is 22.9 Å². The molecule has 0 radical (unpaired) electrons. The largest absolute Gasteiger partial charge is 0.385 e. The van der Waals surface area contributed by atoms with Crippen molar-refractivity contribution in [3.8, 4) is 0 Å². The summed E-state index contributed by atoms with van der Waals surface area (Å²) < 4.78 is 28.3. The third-order valence-corrected chi connectivity index (χ3v) is 4.05. The number of hydrogen-bond acceptors (Lipinski definition) is 1. The van der Waals surface area contributed by atoms with Crippen molar-refractivity contribution in [3.63, 3.8) is 0 Å². The molecule has 0 aliphatic rings. The fraction of sp³-hybridized carbons (Fsp3) is 0.250. The molecule has 0 bridgehead atoms. The van der Waals surface area contributed by atoms with Crippen LogP contribution in [0.15, 0.2) is 46.9 Å². The number of aliphatic hydroxyl groups is 1. The van der Waals surface area contributed by atoms with Crippen molar-refractivity contribution < 1.29 is 13.9 Å². The Morgan fingerprint density at radius 2 is 1.75 bits per heavy atom. The van der Waals surface area contributed by atoms with E-state index < -0.39 is 17.2 Å². The molecule has 2 aromatic rings. The van der Waals surface area contributed by atoms with E-state index >= 15 is 0 Å². The minimum atomic E-state index is -1.57. The van der Waals surface area contributed by atoms with Gasteiger partial charge in [0.05, 0.1) is 15.6 Å². The van der Waals surface area contributed by atoms with Crippen LogP contribution in [0, 0.1) is 11.6 Å². The molecule has 1 atom stereocenters. The van der Waals surface area contributed by atoms with E-state index in [1.54, 1.807) is 6.92 Å². The van der Waals surface area contributed by atoms with Crippen LogP contribution < -0.4 is 0 Å². The third-order valence-electron chi connectivity index (χ3n) is 3.43. The molecular formula is C16H15BrF2O. The van der Waals surface area contributed by atoms with Gasteiger partial charge in [0.1, 0.15) is 11.6 Å². The van der Waals surface area contributed by atoms with E-state index in [9.17, 15) is 13.9 Å². The summed E-state index contributed by atoms with van der Waals surface area (Å²) >= 11 is 3.03. The van der Waals surface area contributed by atoms with Crippen molar-refractivity contribution >= 4 is 15.9 Å². The minimum Gasteiger partial charge on any atom is -0.385 e. The topological polar surface area (TPSA) is 20.2 Å². The zero-order valence-corrected chi connectivity index (χ0v) is 12.6. The molecule has 0 fully saturated rings. The maximum atomic E-state index is 14.2. The summed E-state index contributed by atoms with van der Waals surface area (Å²) in [5.74, 6) is -1.48. The first-order chi connectivity index (χ1) is 9.48. The fourth-order valence-electron chi connectivity index (χ4n) is 2.28. The van der Waals surface area contributed by atoms with E-state index in [2.05, 4.69) is 15.9 Å². The minimum absolute atomic E-state index is 0.147. The van der Waals surface area contributed by atoms with Gasteiger partial charge in [-0.3, -0.25) is 0 Å². The van der Waals surface area contributed by atoms with Crippen molar-refractivity contribution in [2.24, 2.45) is 0 Å². The third kappa shape index (κ3) is 2.91. The fourth-order valence-corrected chi connectivity index (χ4v) is 2.61. The monoisotopic (exact) mass is 340 g/mol. The van der Waals surface area contributed by atoms with Crippen LogP contribution in [0.3, 0.4) is 0 Å². The van der Waals surface area contributed by atoms with E-state index in [1.807, 2.05) is 30.3 Å². The smallest absolute Gasteiger partial charge is 0.146 e. The summed E-state index contributed by atoms with van der Waals surface area (Å²) in [6.07, 6.45) is 0.376. The van der Waals surface area contributed by atoms with Crippen molar-refractivity contribution in [2.75, 3.05) is 0 Å². The summed E-state index contributed by atoms with van der Waals surface area (Å²) in [6, 6.07) is 11.6. The van der Waals surface area contributed by atoms with Gasteiger partial charge in [0.15, 0.2) is 0 Å². The molecule has 0 saturated carbocycles. The Hall–Kier alpha value is -1.26. The first-order valence-corrected chi connectivity index (χ1v) is 7.17. The summed E-state index contributed by atoms with van der Waals surface area (Å²) in [5, 5.41) is 10.7. The summed E-state index contributed by atoms with van der Waals surface area (Å²) in [4.78, 5) is 0. The van der Waals surface area contributed by atoms with E-state index in [0.717, 1.165) is 11.6 Å². The first kappa shape index (κ1) is 15.1. The molecule has 1 unspecified atom stereocenters. The lowest BCUT2D eigenvalue weighted by atomic mass is 9.84. The van der Waals surface area contributed by atoms with Gasteiger partial charge in [0, 0.05) is 6.42 Å². The molecule has 0 aromatic heterocycles. The molecule has 0 aliphatic carbocycles. The van der Waals surface area contributed by atoms with Crippen LogP contribution in [0.2, 0.25) is 0 Å². The molecule has 1 N–H and O–H groups in total. The van der Waals surface area contributed by atoms with Crippen LogP contribution in [0.4, 0.5) is 8.78 Å². The highest BCUT2D eigenvalue weighted by atomic mass is 79.9. The van der Waals surface area contributed by atoms with Gasteiger partial charge in [-0.15, -0.1) is 0 Å². The highest BCUT2D eigenvalue weighted by molar-refractivity contribution is 9.10. The van der Waals surface area contributed by atoms with Crippen LogP contribution in [-0.2, 0) is 12.0 Å². The second kappa shape index (κ2) is 6.02. The Kier molecular flexibility index (Phi) is 4.55. The zero-order chi connectivity index (χ0) is 14.8. The molecule has 2 aromatic carbocycles. The van der Waals surface area contributed by atoms with E-state index in [1.165, 1.54) is 6.07 Å². The number of hydrogen-bond donors (Lipinski definition) is 1. The molecule has 0 saturated heterocycles. The summed E-state index contributed by atoms with van der Waals surface area (Å²) in [5.41, 5.74) is -1.02.